The van der Waals surface area contributed by atoms with Crippen molar-refractivity contribution >= 4 is 16.6 Å². The molecule has 2 aromatic rings. The van der Waals surface area contributed by atoms with Gasteiger partial charge in [0.15, 0.2) is 0 Å². The molecule has 1 aromatic heterocycles. The standard InChI is InChI=1S/C17H25N3/c1-2-3-6-11-20-14-17(19-12-9-18-10-13-19)15-7-4-5-8-16(15)20/h4-5,7-8,14,18H,2-3,6,9-13H2,1H3. The molecule has 20 heavy (non-hydrogen) atoms. The number of hydrogen-bond donors (Lipinski definition) is 1. The number of fused-ring (bicyclic) bond motifs is 1. The molecule has 0 atom stereocenters. The van der Waals surface area contributed by atoms with Crippen LogP contribution >= 0.6 is 0 Å². The van der Waals surface area contributed by atoms with Crippen LogP contribution < -0.4 is 10.2 Å². The van der Waals surface area contributed by atoms with Crippen LogP contribution in [0.15, 0.2) is 30.5 Å². The van der Waals surface area contributed by atoms with E-state index in [-0.39, 0.29) is 0 Å². The molecule has 1 aliphatic rings. The maximum absolute atomic E-state index is 3.43. The van der Waals surface area contributed by atoms with Crippen LogP contribution in [0.1, 0.15) is 26.2 Å². The highest BCUT2D eigenvalue weighted by atomic mass is 15.2. The number of aromatic nitrogens is 1. The van der Waals surface area contributed by atoms with Gasteiger partial charge in [0.25, 0.3) is 0 Å². The zero-order chi connectivity index (χ0) is 13.8. The molecular formula is C17H25N3. The normalized spacial score (nSPS) is 15.9. The highest BCUT2D eigenvalue weighted by Gasteiger charge is 2.16. The van der Waals surface area contributed by atoms with Crippen LogP contribution in [0.4, 0.5) is 5.69 Å². The van der Waals surface area contributed by atoms with Gasteiger partial charge >= 0.3 is 0 Å². The summed E-state index contributed by atoms with van der Waals surface area (Å²) in [7, 11) is 0. The average molecular weight is 271 g/mol. The second-order valence-corrected chi connectivity index (χ2v) is 5.67. The third-order valence-electron chi connectivity index (χ3n) is 4.23. The van der Waals surface area contributed by atoms with E-state index in [0.717, 1.165) is 32.7 Å². The summed E-state index contributed by atoms with van der Waals surface area (Å²) >= 11 is 0. The van der Waals surface area contributed by atoms with Crippen LogP contribution in [-0.2, 0) is 6.54 Å². The summed E-state index contributed by atoms with van der Waals surface area (Å²) in [4.78, 5) is 2.52. The lowest BCUT2D eigenvalue weighted by molar-refractivity contribution is 0.586. The first-order chi connectivity index (χ1) is 9.90. The maximum Gasteiger partial charge on any atom is 0.0627 e. The Morgan fingerprint density at radius 3 is 2.70 bits per heavy atom. The fourth-order valence-electron chi connectivity index (χ4n) is 3.10. The van der Waals surface area contributed by atoms with Gasteiger partial charge in [-0.25, -0.2) is 0 Å². The summed E-state index contributed by atoms with van der Waals surface area (Å²) in [5.74, 6) is 0. The smallest absolute Gasteiger partial charge is 0.0627 e. The van der Waals surface area contributed by atoms with E-state index < -0.39 is 0 Å². The maximum atomic E-state index is 3.43. The second kappa shape index (κ2) is 6.31. The predicted octanol–water partition coefficient (Wildman–Crippen LogP) is 3.24. The number of anilines is 1. The molecule has 1 fully saturated rings. The molecule has 2 heterocycles. The number of nitrogens with one attached hydrogen (secondary N) is 1. The lowest BCUT2D eigenvalue weighted by Gasteiger charge is -2.28. The quantitative estimate of drug-likeness (QED) is 0.842. The van der Waals surface area contributed by atoms with Gasteiger partial charge in [0.2, 0.25) is 0 Å². The predicted molar refractivity (Wildman–Crippen MR) is 86.5 cm³/mol. The highest BCUT2D eigenvalue weighted by Crippen LogP contribution is 2.29. The van der Waals surface area contributed by atoms with Crippen molar-refractivity contribution < 1.29 is 0 Å². The number of para-hydroxylation sites is 1. The number of hydrogen-bond acceptors (Lipinski definition) is 2. The van der Waals surface area contributed by atoms with Crippen molar-refractivity contribution in [2.24, 2.45) is 0 Å². The number of unbranched alkanes of at least 4 members (excludes halogenated alkanes) is 2. The summed E-state index contributed by atoms with van der Waals surface area (Å²) in [6.45, 7) is 7.82. The summed E-state index contributed by atoms with van der Waals surface area (Å²) in [5.41, 5.74) is 2.80. The molecule has 0 amide bonds. The first-order valence-corrected chi connectivity index (χ1v) is 7.93. The molecule has 0 radical (unpaired) electrons. The number of aryl methyl sites for hydroxylation is 1. The van der Waals surface area contributed by atoms with Gasteiger partial charge in [-0.15, -0.1) is 0 Å². The zero-order valence-electron chi connectivity index (χ0n) is 12.4. The Balaban J connectivity index is 1.91. The molecule has 0 aliphatic carbocycles. The van der Waals surface area contributed by atoms with E-state index in [1.807, 2.05) is 0 Å². The van der Waals surface area contributed by atoms with Gasteiger partial charge in [0.05, 0.1) is 11.2 Å². The van der Waals surface area contributed by atoms with Gasteiger partial charge in [-0.3, -0.25) is 0 Å². The molecule has 1 saturated heterocycles. The Bertz CT molecular complexity index is 552. The lowest BCUT2D eigenvalue weighted by atomic mass is 10.2. The Kier molecular flexibility index (Phi) is 4.26. The largest absolute Gasteiger partial charge is 0.367 e. The summed E-state index contributed by atoms with van der Waals surface area (Å²) < 4.78 is 2.45. The van der Waals surface area contributed by atoms with E-state index in [2.05, 4.69) is 52.2 Å². The molecule has 0 unspecified atom stereocenters. The van der Waals surface area contributed by atoms with Crippen LogP contribution in [0.5, 0.6) is 0 Å². The van der Waals surface area contributed by atoms with Gasteiger partial charge in [-0.2, -0.15) is 0 Å². The van der Waals surface area contributed by atoms with E-state index in [1.165, 1.54) is 35.9 Å². The van der Waals surface area contributed by atoms with Crippen molar-refractivity contribution in [3.63, 3.8) is 0 Å². The van der Waals surface area contributed by atoms with E-state index in [0.29, 0.717) is 0 Å². The third-order valence-corrected chi connectivity index (χ3v) is 4.23. The molecule has 1 aromatic carbocycles. The van der Waals surface area contributed by atoms with Crippen molar-refractivity contribution in [2.75, 3.05) is 31.1 Å². The summed E-state index contributed by atoms with van der Waals surface area (Å²) in [6.07, 6.45) is 6.24. The topological polar surface area (TPSA) is 20.2 Å². The molecule has 3 rings (SSSR count). The molecule has 0 saturated carbocycles. The SMILES string of the molecule is CCCCCn1cc(N2CCNCC2)c2ccccc21. The van der Waals surface area contributed by atoms with E-state index in [4.69, 9.17) is 0 Å². The molecule has 0 bridgehead atoms. The van der Waals surface area contributed by atoms with Gasteiger partial charge in [0.1, 0.15) is 0 Å². The Morgan fingerprint density at radius 2 is 1.90 bits per heavy atom. The number of rotatable bonds is 5. The van der Waals surface area contributed by atoms with E-state index in [1.54, 1.807) is 0 Å². The van der Waals surface area contributed by atoms with Crippen LogP contribution in [0.2, 0.25) is 0 Å². The Labute approximate surface area is 121 Å². The molecule has 1 aliphatic heterocycles. The monoisotopic (exact) mass is 271 g/mol. The van der Waals surface area contributed by atoms with Crippen LogP contribution in [0.25, 0.3) is 10.9 Å². The lowest BCUT2D eigenvalue weighted by Crippen LogP contribution is -2.43. The Hall–Kier alpha value is -1.48. The summed E-state index contributed by atoms with van der Waals surface area (Å²) in [6, 6.07) is 8.83. The number of piperazine rings is 1. The Morgan fingerprint density at radius 1 is 1.10 bits per heavy atom. The van der Waals surface area contributed by atoms with Gasteiger partial charge < -0.3 is 14.8 Å². The van der Waals surface area contributed by atoms with Gasteiger partial charge in [0, 0.05) is 44.3 Å². The first-order valence-electron chi connectivity index (χ1n) is 7.93. The number of nitrogens with zero attached hydrogens (tertiary/aromatic N) is 2. The fraction of sp³-hybridized carbons (Fsp3) is 0.529. The molecule has 108 valence electrons. The fourth-order valence-corrected chi connectivity index (χ4v) is 3.10. The van der Waals surface area contributed by atoms with Crippen molar-refractivity contribution in [2.45, 2.75) is 32.7 Å². The van der Waals surface area contributed by atoms with Gasteiger partial charge in [-0.05, 0) is 12.5 Å². The van der Waals surface area contributed by atoms with Gasteiger partial charge in [-0.1, -0.05) is 38.0 Å². The van der Waals surface area contributed by atoms with E-state index >= 15 is 0 Å². The minimum Gasteiger partial charge on any atom is -0.367 e. The van der Waals surface area contributed by atoms with Crippen LogP contribution in [0, 0.1) is 0 Å². The molecule has 1 N–H and O–H groups in total. The third kappa shape index (κ3) is 2.68. The minimum absolute atomic E-state index is 1.09. The van der Waals surface area contributed by atoms with Crippen molar-refractivity contribution in [1.82, 2.24) is 9.88 Å². The summed E-state index contributed by atoms with van der Waals surface area (Å²) in [5, 5.41) is 4.84. The minimum atomic E-state index is 1.09. The van der Waals surface area contributed by atoms with E-state index in [9.17, 15) is 0 Å². The molecule has 3 nitrogen and oxygen atoms in total. The average Bonchev–Trinajstić information content (AvgIpc) is 2.88. The first kappa shape index (κ1) is 13.5. The highest BCUT2D eigenvalue weighted by molar-refractivity contribution is 5.93. The molecule has 3 heteroatoms. The van der Waals surface area contributed by atoms with Crippen molar-refractivity contribution in [3.05, 3.63) is 30.5 Å². The second-order valence-electron chi connectivity index (χ2n) is 5.67. The molecular weight excluding hydrogens is 246 g/mol. The zero-order valence-corrected chi connectivity index (χ0v) is 12.4. The molecule has 0 spiro atoms. The van der Waals surface area contributed by atoms with Crippen LogP contribution in [-0.4, -0.2) is 30.7 Å². The van der Waals surface area contributed by atoms with Crippen LogP contribution in [0.3, 0.4) is 0 Å². The number of benzene rings is 1. The van der Waals surface area contributed by atoms with Crippen molar-refractivity contribution in [3.8, 4) is 0 Å². The van der Waals surface area contributed by atoms with Crippen molar-refractivity contribution in [1.29, 1.82) is 0 Å².